The summed E-state index contributed by atoms with van der Waals surface area (Å²) in [5.74, 6) is 4.00. The zero-order valence-corrected chi connectivity index (χ0v) is 14.2. The second-order valence-corrected chi connectivity index (χ2v) is 6.85. The van der Waals surface area contributed by atoms with Crippen molar-refractivity contribution >= 4 is 11.1 Å². The fourth-order valence-corrected chi connectivity index (χ4v) is 3.39. The second-order valence-electron chi connectivity index (χ2n) is 6.85. The quantitative estimate of drug-likeness (QED) is 0.781. The molecule has 1 aliphatic rings. The lowest BCUT2D eigenvalue weighted by Gasteiger charge is -2.25. The van der Waals surface area contributed by atoms with E-state index in [0.29, 0.717) is 18.4 Å². The first-order valence-corrected chi connectivity index (χ1v) is 8.68. The van der Waals surface area contributed by atoms with Gasteiger partial charge in [0.2, 0.25) is 5.89 Å². The van der Waals surface area contributed by atoms with Crippen LogP contribution in [0.15, 0.2) is 28.7 Å². The van der Waals surface area contributed by atoms with Crippen molar-refractivity contribution in [3.05, 3.63) is 41.8 Å². The predicted octanol–water partition coefficient (Wildman–Crippen LogP) is 2.89. The SMILES string of the molecule is CC(C)c1nnc2n1C[C@H](CNCc1nc3ccccc3o1)CC2. The Morgan fingerprint density at radius 3 is 3.00 bits per heavy atom. The number of benzene rings is 1. The smallest absolute Gasteiger partial charge is 0.209 e. The highest BCUT2D eigenvalue weighted by molar-refractivity contribution is 5.72. The number of nitrogens with one attached hydrogen (secondary N) is 1. The highest BCUT2D eigenvalue weighted by Crippen LogP contribution is 2.23. The van der Waals surface area contributed by atoms with Gasteiger partial charge in [-0.25, -0.2) is 4.98 Å². The van der Waals surface area contributed by atoms with Gasteiger partial charge >= 0.3 is 0 Å². The van der Waals surface area contributed by atoms with E-state index in [2.05, 4.69) is 38.9 Å². The van der Waals surface area contributed by atoms with Crippen molar-refractivity contribution in [1.82, 2.24) is 25.1 Å². The van der Waals surface area contributed by atoms with Crippen LogP contribution in [-0.4, -0.2) is 26.3 Å². The number of nitrogens with zero attached hydrogens (tertiary/aromatic N) is 4. The summed E-state index contributed by atoms with van der Waals surface area (Å²) >= 11 is 0. The number of rotatable bonds is 5. The van der Waals surface area contributed by atoms with Crippen LogP contribution < -0.4 is 5.32 Å². The normalized spacial score (nSPS) is 17.5. The molecule has 0 aliphatic carbocycles. The first kappa shape index (κ1) is 15.3. The van der Waals surface area contributed by atoms with Crippen LogP contribution >= 0.6 is 0 Å². The Kier molecular flexibility index (Phi) is 4.06. The van der Waals surface area contributed by atoms with Gasteiger partial charge in [0.25, 0.3) is 0 Å². The van der Waals surface area contributed by atoms with E-state index in [1.807, 2.05) is 24.3 Å². The molecular weight excluding hydrogens is 302 g/mol. The van der Waals surface area contributed by atoms with E-state index in [-0.39, 0.29) is 0 Å². The van der Waals surface area contributed by atoms with Gasteiger partial charge in [0.15, 0.2) is 5.58 Å². The van der Waals surface area contributed by atoms with E-state index in [1.54, 1.807) is 0 Å². The van der Waals surface area contributed by atoms with Gasteiger partial charge in [0.05, 0.1) is 6.54 Å². The minimum Gasteiger partial charge on any atom is -0.439 e. The molecule has 4 rings (SSSR count). The molecule has 1 N–H and O–H groups in total. The molecule has 1 aromatic carbocycles. The Hall–Kier alpha value is -2.21. The number of aromatic nitrogens is 4. The van der Waals surface area contributed by atoms with Crippen LogP contribution in [0, 0.1) is 5.92 Å². The molecule has 0 amide bonds. The molecular formula is C18H23N5O. The zero-order valence-electron chi connectivity index (χ0n) is 14.2. The molecule has 6 heteroatoms. The van der Waals surface area contributed by atoms with Crippen LogP contribution in [0.5, 0.6) is 0 Å². The number of fused-ring (bicyclic) bond motifs is 2. The molecule has 0 radical (unpaired) electrons. The number of aryl methyl sites for hydroxylation is 1. The fourth-order valence-electron chi connectivity index (χ4n) is 3.39. The van der Waals surface area contributed by atoms with Crippen LogP contribution in [0.2, 0.25) is 0 Å². The number of hydrogen-bond donors (Lipinski definition) is 1. The maximum Gasteiger partial charge on any atom is 0.209 e. The monoisotopic (exact) mass is 325 g/mol. The third-order valence-electron chi connectivity index (χ3n) is 4.64. The standard InChI is InChI=1S/C18H23N5O/c1-12(2)18-22-21-16-8-7-13(11-23(16)18)9-19-10-17-20-14-5-3-4-6-15(14)24-17/h3-6,12-13,19H,7-11H2,1-2H3/t13-/m0/s1. The molecule has 1 aliphatic heterocycles. The third kappa shape index (κ3) is 2.94. The van der Waals surface area contributed by atoms with Crippen molar-refractivity contribution in [1.29, 1.82) is 0 Å². The molecule has 2 aromatic heterocycles. The van der Waals surface area contributed by atoms with Crippen LogP contribution in [0.3, 0.4) is 0 Å². The Morgan fingerprint density at radius 2 is 2.17 bits per heavy atom. The largest absolute Gasteiger partial charge is 0.439 e. The summed E-state index contributed by atoms with van der Waals surface area (Å²) in [5, 5.41) is 12.2. The highest BCUT2D eigenvalue weighted by Gasteiger charge is 2.23. The average Bonchev–Trinajstić information content (AvgIpc) is 3.17. The predicted molar refractivity (Wildman–Crippen MR) is 91.6 cm³/mol. The molecule has 24 heavy (non-hydrogen) atoms. The summed E-state index contributed by atoms with van der Waals surface area (Å²) in [6.45, 7) is 6.96. The molecule has 1 atom stereocenters. The third-order valence-corrected chi connectivity index (χ3v) is 4.64. The molecule has 3 heterocycles. The molecule has 126 valence electrons. The minimum atomic E-state index is 0.415. The second kappa shape index (κ2) is 6.36. The van der Waals surface area contributed by atoms with Crippen molar-refractivity contribution in [2.24, 2.45) is 5.92 Å². The van der Waals surface area contributed by atoms with Gasteiger partial charge in [0.1, 0.15) is 17.2 Å². The van der Waals surface area contributed by atoms with E-state index >= 15 is 0 Å². The summed E-state index contributed by atoms with van der Waals surface area (Å²) in [5.41, 5.74) is 1.77. The van der Waals surface area contributed by atoms with Gasteiger partial charge in [-0.3, -0.25) is 0 Å². The molecule has 0 bridgehead atoms. The molecule has 0 saturated heterocycles. The van der Waals surface area contributed by atoms with Crippen molar-refractivity contribution in [3.63, 3.8) is 0 Å². The van der Waals surface area contributed by atoms with Crippen LogP contribution in [-0.2, 0) is 19.5 Å². The van der Waals surface area contributed by atoms with Gasteiger partial charge in [-0.1, -0.05) is 26.0 Å². The minimum absolute atomic E-state index is 0.415. The van der Waals surface area contributed by atoms with Crippen molar-refractivity contribution in [3.8, 4) is 0 Å². The lowest BCUT2D eigenvalue weighted by atomic mass is 9.98. The molecule has 3 aromatic rings. The van der Waals surface area contributed by atoms with Crippen molar-refractivity contribution in [2.45, 2.75) is 45.7 Å². The van der Waals surface area contributed by atoms with Crippen LogP contribution in [0.25, 0.3) is 11.1 Å². The summed E-state index contributed by atoms with van der Waals surface area (Å²) in [6.07, 6.45) is 2.16. The van der Waals surface area contributed by atoms with E-state index < -0.39 is 0 Å². The molecule has 6 nitrogen and oxygen atoms in total. The Bertz CT molecular complexity index is 802. The molecule has 0 fully saturated rings. The van der Waals surface area contributed by atoms with E-state index in [0.717, 1.165) is 54.6 Å². The van der Waals surface area contributed by atoms with Crippen LogP contribution in [0.4, 0.5) is 0 Å². The molecule has 0 unspecified atom stereocenters. The van der Waals surface area contributed by atoms with Crippen molar-refractivity contribution in [2.75, 3.05) is 6.54 Å². The maximum atomic E-state index is 5.75. The van der Waals surface area contributed by atoms with E-state index in [1.165, 1.54) is 0 Å². The summed E-state index contributed by atoms with van der Waals surface area (Å²) in [4.78, 5) is 4.51. The summed E-state index contributed by atoms with van der Waals surface area (Å²) in [7, 11) is 0. The zero-order chi connectivity index (χ0) is 16.5. The number of hydrogen-bond acceptors (Lipinski definition) is 5. The van der Waals surface area contributed by atoms with Gasteiger partial charge < -0.3 is 14.3 Å². The lowest BCUT2D eigenvalue weighted by Crippen LogP contribution is -2.30. The Morgan fingerprint density at radius 1 is 1.29 bits per heavy atom. The fraction of sp³-hybridized carbons (Fsp3) is 0.500. The van der Waals surface area contributed by atoms with Gasteiger partial charge in [-0.15, -0.1) is 10.2 Å². The topological polar surface area (TPSA) is 68.8 Å². The van der Waals surface area contributed by atoms with E-state index in [9.17, 15) is 0 Å². The van der Waals surface area contributed by atoms with Gasteiger partial charge in [-0.2, -0.15) is 0 Å². The average molecular weight is 325 g/mol. The summed E-state index contributed by atoms with van der Waals surface area (Å²) < 4.78 is 8.06. The lowest BCUT2D eigenvalue weighted by molar-refractivity contribution is 0.334. The first-order chi connectivity index (χ1) is 11.7. The van der Waals surface area contributed by atoms with Crippen LogP contribution in [0.1, 0.15) is 43.7 Å². The Balaban J connectivity index is 1.35. The number of oxazole rings is 1. The Labute approximate surface area is 141 Å². The molecule has 0 saturated carbocycles. The maximum absolute atomic E-state index is 5.75. The molecule has 0 spiro atoms. The van der Waals surface area contributed by atoms with Gasteiger partial charge in [-0.05, 0) is 24.5 Å². The van der Waals surface area contributed by atoms with Crippen molar-refractivity contribution < 1.29 is 4.42 Å². The van der Waals surface area contributed by atoms with E-state index in [4.69, 9.17) is 4.42 Å². The highest BCUT2D eigenvalue weighted by atomic mass is 16.3. The number of para-hydroxylation sites is 2. The first-order valence-electron chi connectivity index (χ1n) is 8.68. The van der Waals surface area contributed by atoms with Gasteiger partial charge in [0, 0.05) is 25.4 Å². The summed E-state index contributed by atoms with van der Waals surface area (Å²) in [6, 6.07) is 7.88.